The number of nitro groups is 1. The third-order valence-electron chi connectivity index (χ3n) is 2.38. The fourth-order valence-corrected chi connectivity index (χ4v) is 1.63. The first-order valence-electron chi connectivity index (χ1n) is 5.38. The van der Waals surface area contributed by atoms with Crippen LogP contribution in [0.4, 0.5) is 10.1 Å². The van der Waals surface area contributed by atoms with E-state index in [1.165, 1.54) is 12.1 Å². The first-order valence-corrected chi connectivity index (χ1v) is 5.38. The molecular weight excluding hydrogens is 253 g/mol. The van der Waals surface area contributed by atoms with Gasteiger partial charge in [0.2, 0.25) is 5.75 Å². The highest BCUT2D eigenvalue weighted by Crippen LogP contribution is 2.33. The Bertz CT molecular complexity index is 622. The highest BCUT2D eigenvalue weighted by atomic mass is 19.1. The monoisotopic (exact) mass is 263 g/mol. The van der Waals surface area contributed by atoms with Crippen LogP contribution in [-0.4, -0.2) is 10.0 Å². The molecule has 1 N–H and O–H groups in total. The summed E-state index contributed by atoms with van der Waals surface area (Å²) >= 11 is 0. The van der Waals surface area contributed by atoms with Crippen molar-refractivity contribution in [2.75, 3.05) is 0 Å². The molecule has 0 aromatic heterocycles. The number of ether oxygens (including phenoxy) is 1. The molecule has 5 nitrogen and oxygen atoms in total. The number of hydrogen-bond donors (Lipinski definition) is 1. The number of aromatic hydroxyl groups is 1. The second-order valence-corrected chi connectivity index (χ2v) is 3.98. The summed E-state index contributed by atoms with van der Waals surface area (Å²) in [5, 5.41) is 20.2. The van der Waals surface area contributed by atoms with Gasteiger partial charge in [0.25, 0.3) is 0 Å². The molecule has 2 aromatic carbocycles. The molecule has 0 radical (unpaired) electrons. The molecule has 2 aromatic rings. The number of phenols is 1. The number of aryl methyl sites for hydroxylation is 1. The summed E-state index contributed by atoms with van der Waals surface area (Å²) in [7, 11) is 0. The van der Waals surface area contributed by atoms with E-state index in [0.717, 1.165) is 18.2 Å². The van der Waals surface area contributed by atoms with Crippen LogP contribution in [0.15, 0.2) is 36.4 Å². The van der Waals surface area contributed by atoms with Crippen LogP contribution in [0.2, 0.25) is 0 Å². The summed E-state index contributed by atoms with van der Waals surface area (Å²) < 4.78 is 18.4. The number of halogens is 1. The van der Waals surface area contributed by atoms with Crippen molar-refractivity contribution in [3.8, 4) is 17.2 Å². The number of rotatable bonds is 3. The van der Waals surface area contributed by atoms with Gasteiger partial charge in [-0.25, -0.2) is 4.39 Å². The van der Waals surface area contributed by atoms with E-state index >= 15 is 0 Å². The third-order valence-corrected chi connectivity index (χ3v) is 2.38. The summed E-state index contributed by atoms with van der Waals surface area (Å²) in [5.74, 6) is -0.687. The largest absolute Gasteiger partial charge is 0.508 e. The number of benzene rings is 2. The standard InChI is InChI=1S/C13H10FNO4/c1-8-4-10(16)7-11(5-8)19-13-6-9(14)2-3-12(13)15(17)18/h2-7,16H,1H3. The van der Waals surface area contributed by atoms with Crippen LogP contribution < -0.4 is 4.74 Å². The Morgan fingerprint density at radius 2 is 2.00 bits per heavy atom. The van der Waals surface area contributed by atoms with Gasteiger partial charge in [0.15, 0.2) is 0 Å². The highest BCUT2D eigenvalue weighted by Gasteiger charge is 2.17. The Morgan fingerprint density at radius 3 is 2.63 bits per heavy atom. The van der Waals surface area contributed by atoms with Crippen LogP contribution in [-0.2, 0) is 0 Å². The van der Waals surface area contributed by atoms with Gasteiger partial charge in [-0.3, -0.25) is 10.1 Å². The van der Waals surface area contributed by atoms with Gasteiger partial charge in [-0.2, -0.15) is 0 Å². The van der Waals surface area contributed by atoms with Crippen molar-refractivity contribution in [3.63, 3.8) is 0 Å². The zero-order chi connectivity index (χ0) is 14.0. The maximum Gasteiger partial charge on any atom is 0.311 e. The molecule has 0 bridgehead atoms. The van der Waals surface area contributed by atoms with Gasteiger partial charge < -0.3 is 9.84 Å². The van der Waals surface area contributed by atoms with Crippen LogP contribution in [0.25, 0.3) is 0 Å². The smallest absolute Gasteiger partial charge is 0.311 e. The van der Waals surface area contributed by atoms with Crippen LogP contribution in [0.5, 0.6) is 17.2 Å². The summed E-state index contributed by atoms with van der Waals surface area (Å²) in [5.41, 5.74) is 0.372. The lowest BCUT2D eigenvalue weighted by Gasteiger charge is -2.07. The van der Waals surface area contributed by atoms with Gasteiger partial charge in [0.1, 0.15) is 17.3 Å². The zero-order valence-corrected chi connectivity index (χ0v) is 9.96. The van der Waals surface area contributed by atoms with Crippen molar-refractivity contribution in [3.05, 3.63) is 57.9 Å². The number of nitrogens with zero attached hydrogens (tertiary/aromatic N) is 1. The van der Waals surface area contributed by atoms with Crippen molar-refractivity contribution < 1.29 is 19.2 Å². The van der Waals surface area contributed by atoms with E-state index in [1.54, 1.807) is 13.0 Å². The molecule has 0 spiro atoms. The Hall–Kier alpha value is -2.63. The molecule has 0 unspecified atom stereocenters. The molecule has 0 heterocycles. The molecule has 0 aliphatic carbocycles. The van der Waals surface area contributed by atoms with E-state index in [9.17, 15) is 19.6 Å². The molecule has 0 atom stereocenters. The Morgan fingerprint density at radius 1 is 1.26 bits per heavy atom. The lowest BCUT2D eigenvalue weighted by Crippen LogP contribution is -1.94. The fourth-order valence-electron chi connectivity index (χ4n) is 1.63. The van der Waals surface area contributed by atoms with Gasteiger partial charge in [-0.05, 0) is 30.7 Å². The van der Waals surface area contributed by atoms with E-state index < -0.39 is 10.7 Å². The minimum absolute atomic E-state index is 0.0333. The predicted octanol–water partition coefficient (Wildman–Crippen LogP) is 3.54. The molecule has 0 aliphatic rings. The molecule has 0 fully saturated rings. The van der Waals surface area contributed by atoms with E-state index in [0.29, 0.717) is 5.56 Å². The van der Waals surface area contributed by atoms with Crippen molar-refractivity contribution >= 4 is 5.69 Å². The lowest BCUT2D eigenvalue weighted by molar-refractivity contribution is -0.385. The van der Waals surface area contributed by atoms with E-state index in [-0.39, 0.29) is 22.9 Å². The quantitative estimate of drug-likeness (QED) is 0.679. The molecule has 0 aliphatic heterocycles. The molecule has 19 heavy (non-hydrogen) atoms. The average Bonchev–Trinajstić information content (AvgIpc) is 2.26. The Kier molecular flexibility index (Phi) is 3.33. The maximum absolute atomic E-state index is 13.1. The summed E-state index contributed by atoms with van der Waals surface area (Å²) in [6.07, 6.45) is 0. The minimum atomic E-state index is -0.662. The van der Waals surface area contributed by atoms with Gasteiger partial charge in [-0.15, -0.1) is 0 Å². The minimum Gasteiger partial charge on any atom is -0.508 e. The average molecular weight is 263 g/mol. The second-order valence-electron chi connectivity index (χ2n) is 3.98. The van der Waals surface area contributed by atoms with Crippen LogP contribution in [0.1, 0.15) is 5.56 Å². The molecule has 2 rings (SSSR count). The van der Waals surface area contributed by atoms with E-state index in [4.69, 9.17) is 4.74 Å². The summed E-state index contributed by atoms with van der Waals surface area (Å²) in [6.45, 7) is 1.73. The Balaban J connectivity index is 2.42. The van der Waals surface area contributed by atoms with Gasteiger partial charge in [-0.1, -0.05) is 0 Å². The highest BCUT2D eigenvalue weighted by molar-refractivity contribution is 5.49. The molecule has 0 saturated carbocycles. The normalized spacial score (nSPS) is 10.2. The predicted molar refractivity (Wildman–Crippen MR) is 66.0 cm³/mol. The zero-order valence-electron chi connectivity index (χ0n) is 9.96. The first kappa shape index (κ1) is 12.8. The second kappa shape index (κ2) is 4.93. The number of hydrogen-bond acceptors (Lipinski definition) is 4. The van der Waals surface area contributed by atoms with E-state index in [2.05, 4.69) is 0 Å². The third kappa shape index (κ3) is 2.98. The van der Waals surface area contributed by atoms with Crippen molar-refractivity contribution in [2.24, 2.45) is 0 Å². The van der Waals surface area contributed by atoms with Crippen LogP contribution in [0, 0.1) is 22.9 Å². The van der Waals surface area contributed by atoms with Gasteiger partial charge >= 0.3 is 5.69 Å². The van der Waals surface area contributed by atoms with Gasteiger partial charge in [0.05, 0.1) is 4.92 Å². The van der Waals surface area contributed by atoms with Crippen LogP contribution >= 0.6 is 0 Å². The fraction of sp³-hybridized carbons (Fsp3) is 0.0769. The first-order chi connectivity index (χ1) is 8.95. The number of nitro benzene ring substituents is 1. The van der Waals surface area contributed by atoms with Crippen molar-refractivity contribution in [2.45, 2.75) is 6.92 Å². The van der Waals surface area contributed by atoms with Crippen molar-refractivity contribution in [1.82, 2.24) is 0 Å². The summed E-state index contributed by atoms with van der Waals surface area (Å²) in [4.78, 5) is 10.1. The molecule has 0 saturated heterocycles. The van der Waals surface area contributed by atoms with Crippen molar-refractivity contribution in [1.29, 1.82) is 0 Å². The van der Waals surface area contributed by atoms with Crippen LogP contribution in [0.3, 0.4) is 0 Å². The lowest BCUT2D eigenvalue weighted by atomic mass is 10.2. The Labute approximate surface area is 108 Å². The SMILES string of the molecule is Cc1cc(O)cc(Oc2cc(F)ccc2[N+](=O)[O-])c1. The maximum atomic E-state index is 13.1. The molecular formula is C13H10FNO4. The summed E-state index contributed by atoms with van der Waals surface area (Å²) in [6, 6.07) is 7.32. The van der Waals surface area contributed by atoms with E-state index in [1.807, 2.05) is 0 Å². The molecule has 98 valence electrons. The topological polar surface area (TPSA) is 72.6 Å². The molecule has 6 heteroatoms. The molecule has 0 amide bonds. The number of phenolic OH excluding ortho intramolecular Hbond substituents is 1. The van der Waals surface area contributed by atoms with Gasteiger partial charge in [0, 0.05) is 18.2 Å².